The predicted molar refractivity (Wildman–Crippen MR) is 262 cm³/mol. The molecule has 408 valence electrons. The standard InChI is InChI=1S/C49H64F2N10O14/c1-27(56-28(2)63)45(72)58-36(22-43(70)71)48(75)59-35(21-38(52)64)47(74)57-34(46(73)54-17-16-53-40(66)23-55-39(65)13-14-42(68)69)15-18-61(41(67)26-62)44(49(3,4)5)37-19-30(32-20-31(50)11-12-33(32)51)25-60(37)24-29-9-7-6-8-10-29/h6-12,19-20,25,27,34-36,44,62H,13-18,21-24,26H2,1-5H3,(H2,52,64)(H,53,66)(H,54,73)(H,55,65)(H,56,63)(H,57,74)(H,58,72)(H,59,75)(H,68,69)(H,70,71)/t27-,34-,35-,36+,44-/m0/s1. The van der Waals surface area contributed by atoms with Crippen molar-refractivity contribution in [2.75, 3.05) is 32.8 Å². The van der Waals surface area contributed by atoms with Gasteiger partial charge in [-0.15, -0.1) is 0 Å². The molecule has 0 saturated heterocycles. The number of aliphatic carboxylic acids is 2. The number of rotatable bonds is 29. The molecule has 2 aromatic carbocycles. The quantitative estimate of drug-likeness (QED) is 0.0384. The number of hydrogen-bond donors (Lipinski definition) is 11. The number of aromatic nitrogens is 1. The van der Waals surface area contributed by atoms with Crippen LogP contribution in [-0.4, -0.2) is 147 Å². The molecule has 26 heteroatoms. The zero-order chi connectivity index (χ0) is 56.2. The van der Waals surface area contributed by atoms with Crippen LogP contribution in [0.15, 0.2) is 60.8 Å². The van der Waals surface area contributed by atoms with Crippen LogP contribution in [0.5, 0.6) is 0 Å². The Morgan fingerprint density at radius 1 is 0.720 bits per heavy atom. The van der Waals surface area contributed by atoms with Crippen molar-refractivity contribution in [2.45, 2.75) is 103 Å². The number of primary amides is 1. The van der Waals surface area contributed by atoms with Crippen LogP contribution < -0.4 is 43.0 Å². The number of carbonyl (C=O) groups excluding carboxylic acids is 9. The van der Waals surface area contributed by atoms with Crippen molar-refractivity contribution in [1.82, 2.24) is 46.7 Å². The number of carboxylic acid groups (broad SMARTS) is 2. The molecule has 0 saturated carbocycles. The van der Waals surface area contributed by atoms with E-state index in [1.807, 2.05) is 12.1 Å². The Bertz CT molecular complexity index is 2570. The molecule has 0 aliphatic carbocycles. The van der Waals surface area contributed by atoms with Crippen LogP contribution in [0.1, 0.15) is 84.0 Å². The van der Waals surface area contributed by atoms with Crippen molar-refractivity contribution in [1.29, 1.82) is 0 Å². The molecule has 0 aliphatic rings. The Morgan fingerprint density at radius 3 is 1.92 bits per heavy atom. The third-order valence-corrected chi connectivity index (χ3v) is 11.1. The molecular weight excluding hydrogens is 991 g/mol. The van der Waals surface area contributed by atoms with E-state index < -0.39 is 158 Å². The van der Waals surface area contributed by atoms with Gasteiger partial charge < -0.3 is 67.7 Å². The van der Waals surface area contributed by atoms with Gasteiger partial charge in [-0.05, 0) is 48.6 Å². The summed E-state index contributed by atoms with van der Waals surface area (Å²) in [6.45, 7) is 5.16. The molecule has 3 aromatic rings. The van der Waals surface area contributed by atoms with E-state index >= 15 is 4.39 Å². The first-order chi connectivity index (χ1) is 35.2. The minimum Gasteiger partial charge on any atom is -0.481 e. The molecular formula is C49H64F2N10O14. The van der Waals surface area contributed by atoms with E-state index in [-0.39, 0.29) is 37.2 Å². The van der Waals surface area contributed by atoms with E-state index in [0.717, 1.165) is 30.7 Å². The fourth-order valence-electron chi connectivity index (χ4n) is 7.70. The summed E-state index contributed by atoms with van der Waals surface area (Å²) in [4.78, 5) is 141. The lowest BCUT2D eigenvalue weighted by molar-refractivity contribution is -0.142. The molecule has 75 heavy (non-hydrogen) atoms. The van der Waals surface area contributed by atoms with Crippen LogP contribution in [0.3, 0.4) is 0 Å². The predicted octanol–water partition coefficient (Wildman–Crippen LogP) is -0.678. The van der Waals surface area contributed by atoms with Crippen molar-refractivity contribution < 1.29 is 76.8 Å². The summed E-state index contributed by atoms with van der Waals surface area (Å²) >= 11 is 0. The number of amides is 9. The highest BCUT2D eigenvalue weighted by Gasteiger charge is 2.39. The summed E-state index contributed by atoms with van der Waals surface area (Å²) in [5.74, 6) is -12.9. The summed E-state index contributed by atoms with van der Waals surface area (Å²) in [5.41, 5.74) is 5.79. The van der Waals surface area contributed by atoms with Crippen molar-refractivity contribution in [3.63, 3.8) is 0 Å². The van der Waals surface area contributed by atoms with E-state index in [2.05, 4.69) is 37.2 Å². The zero-order valence-electron chi connectivity index (χ0n) is 42.0. The highest BCUT2D eigenvalue weighted by Crippen LogP contribution is 2.41. The third kappa shape index (κ3) is 20.3. The lowest BCUT2D eigenvalue weighted by Crippen LogP contribution is -2.59. The molecule has 1 heterocycles. The van der Waals surface area contributed by atoms with Crippen molar-refractivity contribution in [3.8, 4) is 11.1 Å². The van der Waals surface area contributed by atoms with Gasteiger partial charge in [-0.2, -0.15) is 0 Å². The second-order valence-electron chi connectivity index (χ2n) is 18.4. The second kappa shape index (κ2) is 28.8. The first-order valence-corrected chi connectivity index (χ1v) is 23.5. The van der Waals surface area contributed by atoms with Crippen LogP contribution in [0, 0.1) is 17.0 Å². The smallest absolute Gasteiger partial charge is 0.305 e. The highest BCUT2D eigenvalue weighted by atomic mass is 19.1. The molecule has 0 unspecified atom stereocenters. The zero-order valence-corrected chi connectivity index (χ0v) is 42.0. The van der Waals surface area contributed by atoms with Crippen molar-refractivity contribution in [2.24, 2.45) is 11.1 Å². The SMILES string of the molecule is CC(=O)N[C@@H](C)C(=O)N[C@H](CC(=O)O)C(=O)N[C@@H](CC(N)=O)C(=O)N[C@@H](CCN(C(=O)CO)[C@@H](c1cc(-c2cc(F)ccc2F)cn1Cc1ccccc1)C(C)(C)C)C(=O)NCCNC(=O)CNC(=O)CCC(=O)O. The average Bonchev–Trinajstić information content (AvgIpc) is 3.73. The molecule has 0 radical (unpaired) electrons. The van der Waals surface area contributed by atoms with E-state index in [4.69, 9.17) is 10.8 Å². The molecule has 12 N–H and O–H groups in total. The van der Waals surface area contributed by atoms with Crippen LogP contribution in [0.25, 0.3) is 11.1 Å². The Labute approximate surface area is 429 Å². The van der Waals surface area contributed by atoms with E-state index in [1.54, 1.807) is 55.8 Å². The fraction of sp³-hybridized carbons (Fsp3) is 0.449. The number of nitrogens with two attached hydrogens (primary N) is 1. The number of aliphatic hydroxyl groups excluding tert-OH is 1. The largest absolute Gasteiger partial charge is 0.481 e. The van der Waals surface area contributed by atoms with E-state index in [1.165, 1.54) is 11.8 Å². The van der Waals surface area contributed by atoms with Crippen molar-refractivity contribution in [3.05, 3.63) is 83.7 Å². The topological polar surface area (TPSA) is 367 Å². The minimum absolute atomic E-state index is 0.0966. The number of carbonyl (C=O) groups is 11. The van der Waals surface area contributed by atoms with Crippen LogP contribution >= 0.6 is 0 Å². The summed E-state index contributed by atoms with van der Waals surface area (Å²) in [6, 6.07) is 5.72. The number of benzene rings is 2. The van der Waals surface area contributed by atoms with Crippen LogP contribution in [-0.2, 0) is 59.3 Å². The summed E-state index contributed by atoms with van der Waals surface area (Å²) in [7, 11) is 0. The first-order valence-electron chi connectivity index (χ1n) is 23.5. The van der Waals surface area contributed by atoms with Gasteiger partial charge in [0, 0.05) is 62.5 Å². The van der Waals surface area contributed by atoms with Gasteiger partial charge in [-0.25, -0.2) is 8.78 Å². The van der Waals surface area contributed by atoms with Gasteiger partial charge in [-0.1, -0.05) is 51.1 Å². The maximum Gasteiger partial charge on any atom is 0.305 e. The lowest BCUT2D eigenvalue weighted by atomic mass is 9.82. The van der Waals surface area contributed by atoms with Crippen LogP contribution in [0.4, 0.5) is 8.78 Å². The normalized spacial score (nSPS) is 13.1. The van der Waals surface area contributed by atoms with Crippen LogP contribution in [0.2, 0.25) is 0 Å². The van der Waals surface area contributed by atoms with Gasteiger partial charge >= 0.3 is 11.9 Å². The number of nitrogens with one attached hydrogen (secondary N) is 7. The van der Waals surface area contributed by atoms with Gasteiger partial charge in [0.2, 0.25) is 53.2 Å². The Hall–Kier alpha value is -8.29. The average molecular weight is 1060 g/mol. The molecule has 3 rings (SSSR count). The molecule has 0 aliphatic heterocycles. The number of halogens is 2. The van der Waals surface area contributed by atoms with Gasteiger partial charge in [0.05, 0.1) is 31.8 Å². The maximum atomic E-state index is 15.4. The molecule has 0 bridgehead atoms. The van der Waals surface area contributed by atoms with Gasteiger partial charge in [0.15, 0.2) is 0 Å². The number of nitrogens with zero attached hydrogens (tertiary/aromatic N) is 2. The van der Waals surface area contributed by atoms with E-state index in [0.29, 0.717) is 5.69 Å². The monoisotopic (exact) mass is 1050 g/mol. The van der Waals surface area contributed by atoms with Crippen molar-refractivity contribution >= 4 is 65.1 Å². The highest BCUT2D eigenvalue weighted by molar-refractivity contribution is 5.98. The second-order valence-corrected chi connectivity index (χ2v) is 18.4. The molecule has 24 nitrogen and oxygen atoms in total. The molecule has 9 amide bonds. The first kappa shape index (κ1) is 61.0. The minimum atomic E-state index is -1.93. The summed E-state index contributed by atoms with van der Waals surface area (Å²) < 4.78 is 31.7. The van der Waals surface area contributed by atoms with E-state index in [9.17, 15) is 67.3 Å². The third-order valence-electron chi connectivity index (χ3n) is 11.1. The Morgan fingerprint density at radius 2 is 1.33 bits per heavy atom. The molecule has 0 spiro atoms. The Balaban J connectivity index is 2.06. The van der Waals surface area contributed by atoms with Gasteiger partial charge in [-0.3, -0.25) is 52.7 Å². The molecule has 5 atom stereocenters. The maximum absolute atomic E-state index is 15.4. The Kier molecular flexibility index (Phi) is 23.4. The molecule has 1 aromatic heterocycles. The molecule has 0 fully saturated rings. The summed E-state index contributed by atoms with van der Waals surface area (Å²) in [5, 5.41) is 45.0. The lowest BCUT2D eigenvalue weighted by Gasteiger charge is -2.41. The fourth-order valence-corrected chi connectivity index (χ4v) is 7.70. The van der Waals surface area contributed by atoms with Gasteiger partial charge in [0.1, 0.15) is 42.4 Å². The number of carboxylic acids is 2. The van der Waals surface area contributed by atoms with Gasteiger partial charge in [0.25, 0.3) is 0 Å². The summed E-state index contributed by atoms with van der Waals surface area (Å²) in [6.07, 6.45) is -1.74. The number of aliphatic hydroxyl groups is 1. The number of hydrogen-bond acceptors (Lipinski definition) is 12.